The number of carbonyl (C=O) groups is 1. The fraction of sp³-hybridized carbons (Fsp3) is 0.100. The van der Waals surface area contributed by atoms with Crippen molar-refractivity contribution in [3.8, 4) is 5.75 Å². The number of hydrogen-bond donors (Lipinski definition) is 2. The third-order valence-electron chi connectivity index (χ3n) is 4.24. The number of benzene rings is 3. The van der Waals surface area contributed by atoms with Crippen molar-refractivity contribution in [1.82, 2.24) is 5.32 Å². The van der Waals surface area contributed by atoms with E-state index in [-0.39, 0.29) is 17.4 Å². The van der Waals surface area contributed by atoms with Crippen LogP contribution in [0.5, 0.6) is 5.75 Å². The first-order valence-corrected chi connectivity index (χ1v) is 10.6. The Bertz CT molecular complexity index is 1170. The Hall–Kier alpha value is -2.56. The van der Waals surface area contributed by atoms with Crippen LogP contribution in [0.3, 0.4) is 0 Å². The number of rotatable bonds is 5. The highest BCUT2D eigenvalue weighted by molar-refractivity contribution is 9.11. The summed E-state index contributed by atoms with van der Waals surface area (Å²) in [6.07, 6.45) is 0. The molecule has 30 heavy (non-hydrogen) atoms. The van der Waals surface area contributed by atoms with Gasteiger partial charge in [-0.2, -0.15) is 0 Å². The molecule has 0 spiro atoms. The lowest BCUT2D eigenvalue weighted by atomic mass is 10.1. The van der Waals surface area contributed by atoms with E-state index in [1.807, 2.05) is 24.3 Å². The average Bonchev–Trinajstić information content (AvgIpc) is 2.68. The molecule has 0 aliphatic heterocycles. The Morgan fingerprint density at radius 1 is 1.20 bits per heavy atom. The summed E-state index contributed by atoms with van der Waals surface area (Å²) in [5, 5.41) is 18.3. The van der Waals surface area contributed by atoms with E-state index in [1.54, 1.807) is 19.1 Å². The maximum Gasteiger partial charge on any atom is 0.274 e. The van der Waals surface area contributed by atoms with Gasteiger partial charge in [-0.05, 0) is 70.1 Å². The fourth-order valence-corrected chi connectivity index (χ4v) is 3.98. The van der Waals surface area contributed by atoms with Crippen LogP contribution in [0.15, 0.2) is 57.5 Å². The van der Waals surface area contributed by atoms with Crippen LogP contribution in [0.25, 0.3) is 10.8 Å². The lowest BCUT2D eigenvalue weighted by Gasteiger charge is -2.13. The summed E-state index contributed by atoms with van der Waals surface area (Å²) in [5.41, 5.74) is 0.826. The first-order chi connectivity index (χ1) is 14.3. The third kappa shape index (κ3) is 5.13. The number of nitro groups is 1. The van der Waals surface area contributed by atoms with E-state index >= 15 is 0 Å². The summed E-state index contributed by atoms with van der Waals surface area (Å²) in [6.45, 7) is 1.35. The normalized spacial score (nSPS) is 10.5. The third-order valence-corrected chi connectivity index (χ3v) is 5.76. The first kappa shape index (κ1) is 22.1. The smallest absolute Gasteiger partial charge is 0.274 e. The van der Waals surface area contributed by atoms with Gasteiger partial charge in [0.1, 0.15) is 5.75 Å². The van der Waals surface area contributed by atoms with Crippen LogP contribution in [0, 0.1) is 17.0 Å². The van der Waals surface area contributed by atoms with Crippen molar-refractivity contribution >= 4 is 77.2 Å². The van der Waals surface area contributed by atoms with Crippen molar-refractivity contribution < 1.29 is 14.5 Å². The Morgan fingerprint density at radius 2 is 1.97 bits per heavy atom. The summed E-state index contributed by atoms with van der Waals surface area (Å²) in [5.74, 6) is 0.0618. The Kier molecular flexibility index (Phi) is 7.01. The second-order valence-corrected chi connectivity index (χ2v) is 8.36. The maximum atomic E-state index is 12.2. The molecule has 0 aromatic heterocycles. The van der Waals surface area contributed by atoms with Gasteiger partial charge in [0, 0.05) is 10.5 Å². The van der Waals surface area contributed by atoms with E-state index in [9.17, 15) is 14.9 Å². The molecule has 0 atom stereocenters. The SMILES string of the molecule is Cc1c(NC(=S)NC(=O)COc2ccc3cc(Br)ccc3c2Br)cccc1[N+](=O)[O-]. The van der Waals surface area contributed by atoms with Gasteiger partial charge in [0.2, 0.25) is 0 Å². The van der Waals surface area contributed by atoms with Crippen LogP contribution in [-0.4, -0.2) is 22.5 Å². The fourth-order valence-electron chi connectivity index (χ4n) is 2.77. The van der Waals surface area contributed by atoms with Gasteiger partial charge in [-0.15, -0.1) is 0 Å². The van der Waals surface area contributed by atoms with Crippen LogP contribution < -0.4 is 15.4 Å². The molecule has 0 bridgehead atoms. The van der Waals surface area contributed by atoms with Gasteiger partial charge < -0.3 is 10.1 Å². The lowest BCUT2D eigenvalue weighted by molar-refractivity contribution is -0.385. The molecule has 7 nitrogen and oxygen atoms in total. The molecule has 0 saturated carbocycles. The molecule has 1 amide bonds. The molecule has 0 unspecified atom stereocenters. The quantitative estimate of drug-likeness (QED) is 0.247. The zero-order chi connectivity index (χ0) is 21.8. The van der Waals surface area contributed by atoms with Gasteiger partial charge in [0.25, 0.3) is 11.6 Å². The number of ether oxygens (including phenoxy) is 1. The average molecular weight is 553 g/mol. The number of amides is 1. The number of anilines is 1. The Labute approximate surface area is 194 Å². The van der Waals surface area contributed by atoms with E-state index in [2.05, 4.69) is 42.5 Å². The van der Waals surface area contributed by atoms with Crippen LogP contribution in [-0.2, 0) is 4.79 Å². The minimum Gasteiger partial charge on any atom is -0.483 e. The first-order valence-electron chi connectivity index (χ1n) is 8.61. The minimum absolute atomic E-state index is 0.0228. The molecule has 154 valence electrons. The molecule has 0 saturated heterocycles. The van der Waals surface area contributed by atoms with Crippen molar-refractivity contribution in [1.29, 1.82) is 0 Å². The summed E-state index contributed by atoms with van der Waals surface area (Å²) < 4.78 is 7.33. The standard InChI is InChI=1S/C20H15Br2N3O4S/c1-11-15(3-2-4-16(11)25(27)28)23-20(30)24-18(26)10-29-17-8-5-12-9-13(21)6-7-14(12)19(17)22/h2-9H,10H2,1H3,(H2,23,24,26,30). The number of nitrogens with one attached hydrogen (secondary N) is 2. The van der Waals surface area contributed by atoms with Gasteiger partial charge in [-0.25, -0.2) is 0 Å². The van der Waals surface area contributed by atoms with Crippen LogP contribution in [0.2, 0.25) is 0 Å². The molecule has 0 aliphatic carbocycles. The summed E-state index contributed by atoms with van der Waals surface area (Å²) in [4.78, 5) is 22.8. The molecule has 0 fully saturated rings. The zero-order valence-electron chi connectivity index (χ0n) is 15.6. The van der Waals surface area contributed by atoms with E-state index in [1.165, 1.54) is 12.1 Å². The van der Waals surface area contributed by atoms with E-state index in [4.69, 9.17) is 17.0 Å². The van der Waals surface area contributed by atoms with Crippen LogP contribution in [0.1, 0.15) is 5.56 Å². The Morgan fingerprint density at radius 3 is 2.70 bits per heavy atom. The van der Waals surface area contributed by atoms with Crippen molar-refractivity contribution in [2.45, 2.75) is 6.92 Å². The minimum atomic E-state index is -0.476. The number of halogens is 2. The zero-order valence-corrected chi connectivity index (χ0v) is 19.6. The molecular formula is C20H15Br2N3O4S. The topological polar surface area (TPSA) is 93.5 Å². The monoisotopic (exact) mass is 551 g/mol. The summed E-state index contributed by atoms with van der Waals surface area (Å²) >= 11 is 12.1. The van der Waals surface area contributed by atoms with Gasteiger partial charge in [0.05, 0.1) is 20.6 Å². The Balaban J connectivity index is 1.61. The summed E-state index contributed by atoms with van der Waals surface area (Å²) in [6, 6.07) is 14.1. The van der Waals surface area contributed by atoms with Gasteiger partial charge in [0.15, 0.2) is 11.7 Å². The van der Waals surface area contributed by atoms with Gasteiger partial charge >= 0.3 is 0 Å². The highest BCUT2D eigenvalue weighted by Crippen LogP contribution is 2.34. The summed E-state index contributed by atoms with van der Waals surface area (Å²) in [7, 11) is 0. The highest BCUT2D eigenvalue weighted by atomic mass is 79.9. The molecule has 0 aliphatic rings. The van der Waals surface area contributed by atoms with Crippen molar-refractivity contribution in [3.05, 3.63) is 73.2 Å². The van der Waals surface area contributed by atoms with E-state index in [0.29, 0.717) is 17.0 Å². The number of hydrogen-bond acceptors (Lipinski definition) is 5. The van der Waals surface area contributed by atoms with E-state index in [0.717, 1.165) is 19.7 Å². The predicted octanol–water partition coefficient (Wildman–Crippen LogP) is 5.47. The van der Waals surface area contributed by atoms with Crippen molar-refractivity contribution in [3.63, 3.8) is 0 Å². The number of nitrogens with zero attached hydrogens (tertiary/aromatic N) is 1. The predicted molar refractivity (Wildman–Crippen MR) is 127 cm³/mol. The van der Waals surface area contributed by atoms with Crippen molar-refractivity contribution in [2.75, 3.05) is 11.9 Å². The maximum absolute atomic E-state index is 12.2. The number of carbonyl (C=O) groups excluding carboxylic acids is 1. The van der Waals surface area contributed by atoms with Crippen LogP contribution >= 0.6 is 44.1 Å². The largest absolute Gasteiger partial charge is 0.483 e. The molecule has 3 aromatic carbocycles. The van der Waals surface area contributed by atoms with Gasteiger partial charge in [-0.1, -0.05) is 34.1 Å². The van der Waals surface area contributed by atoms with E-state index < -0.39 is 10.8 Å². The molecule has 2 N–H and O–H groups in total. The molecule has 0 heterocycles. The number of thiocarbonyl (C=S) groups is 1. The van der Waals surface area contributed by atoms with Gasteiger partial charge in [-0.3, -0.25) is 20.2 Å². The lowest BCUT2D eigenvalue weighted by Crippen LogP contribution is -2.37. The van der Waals surface area contributed by atoms with Crippen molar-refractivity contribution in [2.24, 2.45) is 0 Å². The second kappa shape index (κ2) is 9.50. The second-order valence-electron chi connectivity index (χ2n) is 6.24. The molecule has 3 rings (SSSR count). The number of fused-ring (bicyclic) bond motifs is 1. The highest BCUT2D eigenvalue weighted by Gasteiger charge is 2.15. The number of nitro benzene ring substituents is 1. The molecule has 10 heteroatoms. The van der Waals surface area contributed by atoms with Crippen LogP contribution in [0.4, 0.5) is 11.4 Å². The molecule has 3 aromatic rings. The molecule has 0 radical (unpaired) electrons. The molecular weight excluding hydrogens is 538 g/mol.